The van der Waals surface area contributed by atoms with Gasteiger partial charge in [-0.25, -0.2) is 4.39 Å². The van der Waals surface area contributed by atoms with Gasteiger partial charge < -0.3 is 9.84 Å². The van der Waals surface area contributed by atoms with E-state index >= 15 is 0 Å². The van der Waals surface area contributed by atoms with Crippen LogP contribution < -0.4 is 4.90 Å². The van der Waals surface area contributed by atoms with Gasteiger partial charge in [-0.1, -0.05) is 54.3 Å². The van der Waals surface area contributed by atoms with Gasteiger partial charge in [0.1, 0.15) is 23.3 Å². The maximum atomic E-state index is 14.1. The fourth-order valence-electron chi connectivity index (χ4n) is 3.54. The number of hydrogen-bond donors (Lipinski definition) is 1. The summed E-state index contributed by atoms with van der Waals surface area (Å²) in [5.74, 6) is -3.72. The number of rotatable bonds is 7. The Hall–Kier alpha value is -3.57. The van der Waals surface area contributed by atoms with E-state index in [9.17, 15) is 23.6 Å². The summed E-state index contributed by atoms with van der Waals surface area (Å²) in [6.07, 6.45) is -0.326. The number of nitrogens with zero attached hydrogens (tertiary/aromatic N) is 2. The molecule has 4 rings (SSSR count). The molecule has 1 fully saturated rings. The van der Waals surface area contributed by atoms with Gasteiger partial charge in [-0.15, -0.1) is 0 Å². The lowest BCUT2D eigenvalue weighted by atomic mass is 10.1. The highest BCUT2D eigenvalue weighted by atomic mass is 32.2. The van der Waals surface area contributed by atoms with Crippen molar-refractivity contribution >= 4 is 63.3 Å². The first-order valence-electron chi connectivity index (χ1n) is 10.1. The number of thiocarbonyl (C=S) groups is 1. The molecule has 0 spiro atoms. The first kappa shape index (κ1) is 23.6. The van der Waals surface area contributed by atoms with Crippen molar-refractivity contribution < 1.29 is 33.4 Å². The van der Waals surface area contributed by atoms with E-state index in [1.54, 1.807) is 24.3 Å². The highest BCUT2D eigenvalue weighted by Gasteiger charge is 2.42. The number of carboxylic acid groups (broad SMARTS) is 1. The summed E-state index contributed by atoms with van der Waals surface area (Å²) in [7, 11) is 0. The SMILES string of the molecule is O=C(O)CCN1C(=O)/C(=C2/C(=O)N(CC(=O)OCc3ccccc3)c3ccc(F)cc32)SC1=S. The zero-order valence-corrected chi connectivity index (χ0v) is 19.2. The van der Waals surface area contributed by atoms with Gasteiger partial charge in [0.05, 0.1) is 22.6 Å². The molecule has 0 atom stereocenters. The van der Waals surface area contributed by atoms with Gasteiger partial charge >= 0.3 is 11.9 Å². The van der Waals surface area contributed by atoms with Crippen LogP contribution >= 0.6 is 24.0 Å². The molecule has 2 aliphatic heterocycles. The van der Waals surface area contributed by atoms with E-state index in [-0.39, 0.29) is 45.6 Å². The molecule has 2 aliphatic rings. The summed E-state index contributed by atoms with van der Waals surface area (Å²) in [6, 6.07) is 12.6. The number of benzene rings is 2. The van der Waals surface area contributed by atoms with Crippen LogP contribution in [0.25, 0.3) is 5.57 Å². The Morgan fingerprint density at radius 2 is 1.79 bits per heavy atom. The number of esters is 1. The minimum atomic E-state index is -1.11. The molecule has 0 bridgehead atoms. The van der Waals surface area contributed by atoms with Crippen molar-refractivity contribution in [3.05, 3.63) is 70.4 Å². The number of anilines is 1. The van der Waals surface area contributed by atoms with Crippen LogP contribution in [0.1, 0.15) is 17.5 Å². The molecule has 11 heteroatoms. The van der Waals surface area contributed by atoms with Crippen molar-refractivity contribution in [2.45, 2.75) is 13.0 Å². The second-order valence-corrected chi connectivity index (χ2v) is 9.02. The Bertz CT molecular complexity index is 1250. The van der Waals surface area contributed by atoms with Gasteiger partial charge in [0, 0.05) is 12.1 Å². The molecule has 0 radical (unpaired) electrons. The molecule has 0 aliphatic carbocycles. The molecule has 174 valence electrons. The van der Waals surface area contributed by atoms with Crippen molar-refractivity contribution in [3.8, 4) is 0 Å². The third-order valence-electron chi connectivity index (χ3n) is 5.13. The van der Waals surface area contributed by atoms with Crippen LogP contribution in [0.4, 0.5) is 10.1 Å². The topological polar surface area (TPSA) is 104 Å². The minimum absolute atomic E-state index is 0.0209. The smallest absolute Gasteiger partial charge is 0.326 e. The average molecular weight is 501 g/mol. The van der Waals surface area contributed by atoms with Crippen LogP contribution in [0, 0.1) is 5.82 Å². The van der Waals surface area contributed by atoms with E-state index in [1.807, 2.05) is 6.07 Å². The Labute approximate surface area is 203 Å². The summed E-state index contributed by atoms with van der Waals surface area (Å²) in [5, 5.41) is 8.92. The minimum Gasteiger partial charge on any atom is -0.481 e. The highest BCUT2D eigenvalue weighted by Crippen LogP contribution is 2.44. The van der Waals surface area contributed by atoms with Gasteiger partial charge in [0.25, 0.3) is 11.8 Å². The van der Waals surface area contributed by atoms with Crippen LogP contribution in [0.15, 0.2) is 53.4 Å². The second-order valence-electron chi connectivity index (χ2n) is 7.37. The first-order chi connectivity index (χ1) is 16.3. The van der Waals surface area contributed by atoms with Crippen LogP contribution in [-0.2, 0) is 30.5 Å². The fourth-order valence-corrected chi connectivity index (χ4v) is 4.92. The van der Waals surface area contributed by atoms with E-state index in [1.165, 1.54) is 6.07 Å². The largest absolute Gasteiger partial charge is 0.481 e. The molecule has 8 nitrogen and oxygen atoms in total. The van der Waals surface area contributed by atoms with Crippen LogP contribution in [-0.4, -0.2) is 51.2 Å². The average Bonchev–Trinajstić information content (AvgIpc) is 3.23. The van der Waals surface area contributed by atoms with Crippen LogP contribution in [0.2, 0.25) is 0 Å². The number of amides is 2. The molecule has 2 aromatic carbocycles. The fraction of sp³-hybridized carbons (Fsp3) is 0.174. The number of carbonyl (C=O) groups excluding carboxylic acids is 3. The van der Waals surface area contributed by atoms with Gasteiger partial charge in [-0.3, -0.25) is 29.0 Å². The molecular formula is C23H17FN2O6S2. The van der Waals surface area contributed by atoms with Crippen molar-refractivity contribution in [1.82, 2.24) is 4.90 Å². The molecule has 1 N–H and O–H groups in total. The quantitative estimate of drug-likeness (QED) is 0.352. The molecular weight excluding hydrogens is 483 g/mol. The van der Waals surface area contributed by atoms with Gasteiger partial charge in [0.2, 0.25) is 0 Å². The third kappa shape index (κ3) is 4.70. The molecule has 2 aromatic rings. The van der Waals surface area contributed by atoms with Crippen molar-refractivity contribution in [2.75, 3.05) is 18.0 Å². The summed E-state index contributed by atoms with van der Waals surface area (Å²) >= 11 is 6.03. The molecule has 0 aromatic heterocycles. The Kier molecular flexibility index (Phi) is 6.75. The van der Waals surface area contributed by atoms with E-state index in [2.05, 4.69) is 0 Å². The normalized spacial score (nSPS) is 17.4. The second kappa shape index (κ2) is 9.74. The third-order valence-corrected chi connectivity index (χ3v) is 6.58. The zero-order valence-electron chi connectivity index (χ0n) is 17.5. The number of thioether (sulfide) groups is 1. The predicted octanol–water partition coefficient (Wildman–Crippen LogP) is 2.96. The Balaban J connectivity index is 1.61. The van der Waals surface area contributed by atoms with Crippen molar-refractivity contribution in [2.24, 2.45) is 0 Å². The number of halogens is 1. The summed E-state index contributed by atoms with van der Waals surface area (Å²) in [5.41, 5.74) is 1.10. The van der Waals surface area contributed by atoms with Crippen LogP contribution in [0.3, 0.4) is 0 Å². The van der Waals surface area contributed by atoms with Gasteiger partial charge in [-0.2, -0.15) is 0 Å². The number of ether oxygens (including phenoxy) is 1. The molecule has 1 saturated heterocycles. The van der Waals surface area contributed by atoms with Crippen molar-refractivity contribution in [1.29, 1.82) is 0 Å². The summed E-state index contributed by atoms with van der Waals surface area (Å²) < 4.78 is 19.4. The maximum Gasteiger partial charge on any atom is 0.326 e. The van der Waals surface area contributed by atoms with Crippen molar-refractivity contribution in [3.63, 3.8) is 0 Å². The number of hydrogen-bond acceptors (Lipinski definition) is 7. The highest BCUT2D eigenvalue weighted by molar-refractivity contribution is 8.26. The molecule has 2 amide bonds. The lowest BCUT2D eigenvalue weighted by molar-refractivity contribution is -0.144. The van der Waals surface area contributed by atoms with E-state index in [0.29, 0.717) is 0 Å². The van der Waals surface area contributed by atoms with E-state index in [4.69, 9.17) is 22.1 Å². The monoisotopic (exact) mass is 500 g/mol. The standard InChI is InChI=1S/C23H17FN2O6S2/c24-14-6-7-16-15(10-14)19(20-22(31)25(23(33)34-20)9-8-17(27)28)21(30)26(16)11-18(29)32-12-13-4-2-1-3-5-13/h1-7,10H,8-9,11-12H2,(H,27,28)/b20-19-. The Morgan fingerprint density at radius 3 is 2.50 bits per heavy atom. The van der Waals surface area contributed by atoms with E-state index in [0.717, 1.165) is 39.3 Å². The number of carbonyl (C=O) groups is 4. The van der Waals surface area contributed by atoms with E-state index < -0.39 is 36.1 Å². The van der Waals surface area contributed by atoms with Gasteiger partial charge in [0.15, 0.2) is 0 Å². The van der Waals surface area contributed by atoms with Gasteiger partial charge in [-0.05, 0) is 23.8 Å². The lowest BCUT2D eigenvalue weighted by Crippen LogP contribution is -2.34. The summed E-state index contributed by atoms with van der Waals surface area (Å²) in [6.45, 7) is -0.573. The first-order valence-corrected chi connectivity index (χ1v) is 11.3. The summed E-state index contributed by atoms with van der Waals surface area (Å²) in [4.78, 5) is 51.8. The van der Waals surface area contributed by atoms with Crippen LogP contribution in [0.5, 0.6) is 0 Å². The number of carboxylic acids is 1. The molecule has 34 heavy (non-hydrogen) atoms. The number of fused-ring (bicyclic) bond motifs is 1. The Morgan fingerprint density at radius 1 is 1.06 bits per heavy atom. The predicted molar refractivity (Wildman–Crippen MR) is 126 cm³/mol. The number of aliphatic carboxylic acids is 1. The molecule has 0 unspecified atom stereocenters. The lowest BCUT2D eigenvalue weighted by Gasteiger charge is -2.16. The molecule has 0 saturated carbocycles. The maximum absolute atomic E-state index is 14.1. The zero-order chi connectivity index (χ0) is 24.4. The molecule has 2 heterocycles.